The van der Waals surface area contributed by atoms with Gasteiger partial charge in [0.25, 0.3) is 0 Å². The Morgan fingerprint density at radius 3 is 1.09 bits per heavy atom. The zero-order chi connectivity index (χ0) is 31.9. The SMILES string of the molecule is COC1CC(C=O)CC(OC)C1OCCCCCCOC1C(OC)CC(COC2C(OC)CC(C=O)CC2OC)CC1OC. The van der Waals surface area contributed by atoms with Crippen molar-refractivity contribution in [3.63, 3.8) is 0 Å². The minimum Gasteiger partial charge on any atom is -0.379 e. The highest BCUT2D eigenvalue weighted by molar-refractivity contribution is 5.54. The molecule has 0 spiro atoms. The highest BCUT2D eigenvalue weighted by atomic mass is 16.6. The van der Waals surface area contributed by atoms with Crippen LogP contribution in [0, 0.1) is 17.8 Å². The Balaban J connectivity index is 1.37. The van der Waals surface area contributed by atoms with Gasteiger partial charge in [0.1, 0.15) is 30.9 Å². The molecule has 0 radical (unpaired) electrons. The predicted molar refractivity (Wildman–Crippen MR) is 163 cm³/mol. The van der Waals surface area contributed by atoms with Crippen LogP contribution in [0.1, 0.15) is 64.2 Å². The third kappa shape index (κ3) is 10.5. The van der Waals surface area contributed by atoms with E-state index < -0.39 is 0 Å². The molecule has 0 heterocycles. The molecule has 3 aliphatic carbocycles. The number of carbonyl (C=O) groups is 2. The van der Waals surface area contributed by atoms with Crippen LogP contribution >= 0.6 is 0 Å². The van der Waals surface area contributed by atoms with Crippen LogP contribution in [0.3, 0.4) is 0 Å². The summed E-state index contributed by atoms with van der Waals surface area (Å²) in [7, 11) is 10.1. The smallest absolute Gasteiger partial charge is 0.123 e. The summed E-state index contributed by atoms with van der Waals surface area (Å²) in [6.45, 7) is 1.82. The maximum Gasteiger partial charge on any atom is 0.123 e. The fourth-order valence-corrected chi connectivity index (χ4v) is 7.29. The van der Waals surface area contributed by atoms with Crippen molar-refractivity contribution in [1.29, 1.82) is 0 Å². The first kappa shape index (κ1) is 37.4. The maximum absolute atomic E-state index is 11.4. The number of aldehydes is 2. The van der Waals surface area contributed by atoms with E-state index in [1.165, 1.54) is 0 Å². The van der Waals surface area contributed by atoms with Gasteiger partial charge in [0.15, 0.2) is 0 Å². The lowest BCUT2D eigenvalue weighted by atomic mass is 9.82. The molecule has 256 valence electrons. The van der Waals surface area contributed by atoms with Crippen LogP contribution in [0.2, 0.25) is 0 Å². The van der Waals surface area contributed by atoms with Gasteiger partial charge in [-0.15, -0.1) is 0 Å². The van der Waals surface area contributed by atoms with E-state index in [1.54, 1.807) is 42.7 Å². The second kappa shape index (κ2) is 20.3. The number of ether oxygens (including phenoxy) is 9. The number of carbonyl (C=O) groups excluding carboxylic acids is 2. The summed E-state index contributed by atoms with van der Waals surface area (Å²) >= 11 is 0. The van der Waals surface area contributed by atoms with Gasteiger partial charge >= 0.3 is 0 Å². The van der Waals surface area contributed by atoms with Gasteiger partial charge in [-0.1, -0.05) is 12.8 Å². The lowest BCUT2D eigenvalue weighted by Gasteiger charge is -2.42. The second-order valence-electron chi connectivity index (χ2n) is 12.6. The first-order chi connectivity index (χ1) is 21.5. The van der Waals surface area contributed by atoms with Crippen molar-refractivity contribution < 1.29 is 52.2 Å². The molecule has 6 atom stereocenters. The van der Waals surface area contributed by atoms with Gasteiger partial charge in [-0.05, 0) is 57.3 Å². The molecule has 44 heavy (non-hydrogen) atoms. The number of hydrogen-bond acceptors (Lipinski definition) is 11. The fourth-order valence-electron chi connectivity index (χ4n) is 7.29. The average molecular weight is 631 g/mol. The van der Waals surface area contributed by atoms with E-state index in [1.807, 2.05) is 0 Å². The predicted octanol–water partition coefficient (Wildman–Crippen LogP) is 3.42. The molecule has 11 heteroatoms. The summed E-state index contributed by atoms with van der Waals surface area (Å²) in [4.78, 5) is 22.7. The standard InChI is InChI=1S/C33H58O11/c1-36-25-13-22(19-34)14-26(37-2)31(25)42-11-9-7-8-10-12-43-32-29(40-5)17-24(18-30(32)41-6)21-44-33-27(38-3)15-23(20-35)16-28(33)39-4/h19-20,22-33H,7-18,21H2,1-6H3. The summed E-state index contributed by atoms with van der Waals surface area (Å²) in [6, 6.07) is 0. The van der Waals surface area contributed by atoms with Crippen LogP contribution < -0.4 is 0 Å². The molecule has 3 saturated carbocycles. The second-order valence-corrected chi connectivity index (χ2v) is 12.6. The lowest BCUT2D eigenvalue weighted by molar-refractivity contribution is -0.180. The van der Waals surface area contributed by atoms with E-state index >= 15 is 0 Å². The van der Waals surface area contributed by atoms with Gasteiger partial charge in [-0.2, -0.15) is 0 Å². The molecule has 0 aliphatic heterocycles. The summed E-state index contributed by atoms with van der Waals surface area (Å²) < 4.78 is 53.3. The lowest BCUT2D eigenvalue weighted by Crippen LogP contribution is -2.51. The van der Waals surface area contributed by atoms with Crippen LogP contribution in [0.4, 0.5) is 0 Å². The van der Waals surface area contributed by atoms with Gasteiger partial charge in [0.2, 0.25) is 0 Å². The van der Waals surface area contributed by atoms with Gasteiger partial charge in [-0.25, -0.2) is 0 Å². The molecule has 0 bridgehead atoms. The van der Waals surface area contributed by atoms with Gasteiger partial charge in [0.05, 0.1) is 43.2 Å². The zero-order valence-corrected chi connectivity index (χ0v) is 27.8. The van der Waals surface area contributed by atoms with Crippen LogP contribution in [0.15, 0.2) is 0 Å². The molecule has 0 amide bonds. The Labute approximate surface area is 264 Å². The molecule has 6 unspecified atom stereocenters. The van der Waals surface area contributed by atoms with Crippen molar-refractivity contribution in [3.05, 3.63) is 0 Å². The van der Waals surface area contributed by atoms with E-state index in [0.717, 1.165) is 51.1 Å². The average Bonchev–Trinajstić information content (AvgIpc) is 3.07. The first-order valence-corrected chi connectivity index (χ1v) is 16.4. The zero-order valence-electron chi connectivity index (χ0n) is 27.8. The van der Waals surface area contributed by atoms with E-state index in [4.69, 9.17) is 42.6 Å². The third-order valence-electron chi connectivity index (χ3n) is 9.86. The number of unbranched alkanes of at least 4 members (excludes halogenated alkanes) is 3. The van der Waals surface area contributed by atoms with Crippen LogP contribution in [0.5, 0.6) is 0 Å². The molecule has 0 aromatic rings. The van der Waals surface area contributed by atoms with E-state index in [2.05, 4.69) is 0 Å². The molecular formula is C33H58O11. The molecule has 3 rings (SSSR count). The molecular weight excluding hydrogens is 572 g/mol. The minimum atomic E-state index is -0.220. The highest BCUT2D eigenvalue weighted by Crippen LogP contribution is 2.34. The van der Waals surface area contributed by atoms with E-state index in [-0.39, 0.29) is 72.7 Å². The van der Waals surface area contributed by atoms with Crippen LogP contribution in [0.25, 0.3) is 0 Å². The Morgan fingerprint density at radius 2 is 0.773 bits per heavy atom. The largest absolute Gasteiger partial charge is 0.379 e. The molecule has 0 N–H and O–H groups in total. The Bertz CT molecular complexity index is 758. The van der Waals surface area contributed by atoms with Crippen molar-refractivity contribution >= 4 is 12.6 Å². The van der Waals surface area contributed by atoms with Gasteiger partial charge < -0.3 is 52.2 Å². The normalized spacial score (nSPS) is 38.0. The highest BCUT2D eigenvalue weighted by Gasteiger charge is 2.43. The molecule has 0 aromatic carbocycles. The van der Waals surface area contributed by atoms with Crippen LogP contribution in [-0.2, 0) is 52.2 Å². The van der Waals surface area contributed by atoms with Gasteiger partial charge in [0, 0.05) is 67.7 Å². The molecule has 3 aliphatic rings. The molecule has 11 nitrogen and oxygen atoms in total. The van der Waals surface area contributed by atoms with E-state index in [0.29, 0.717) is 45.5 Å². The van der Waals surface area contributed by atoms with E-state index in [9.17, 15) is 9.59 Å². The van der Waals surface area contributed by atoms with Crippen molar-refractivity contribution in [2.75, 3.05) is 62.5 Å². The summed E-state index contributed by atoms with van der Waals surface area (Å²) in [5.74, 6) is 0.122. The molecule has 0 aromatic heterocycles. The summed E-state index contributed by atoms with van der Waals surface area (Å²) in [5, 5.41) is 0. The Hall–Kier alpha value is -1.02. The number of hydrogen-bond donors (Lipinski definition) is 0. The molecule has 0 saturated heterocycles. The maximum atomic E-state index is 11.4. The Kier molecular flexibility index (Phi) is 17.2. The van der Waals surface area contributed by atoms with Crippen molar-refractivity contribution in [1.82, 2.24) is 0 Å². The summed E-state index contributed by atoms with van der Waals surface area (Å²) in [5.41, 5.74) is 0. The molecule has 3 fully saturated rings. The van der Waals surface area contributed by atoms with Crippen molar-refractivity contribution in [2.24, 2.45) is 17.8 Å². The summed E-state index contributed by atoms with van der Waals surface area (Å²) in [6.07, 6.45) is 8.92. The van der Waals surface area contributed by atoms with Crippen molar-refractivity contribution in [2.45, 2.75) is 119 Å². The minimum absolute atomic E-state index is 0.0456. The van der Waals surface area contributed by atoms with Crippen molar-refractivity contribution in [3.8, 4) is 0 Å². The Morgan fingerprint density at radius 1 is 0.455 bits per heavy atom. The monoisotopic (exact) mass is 630 g/mol. The quantitative estimate of drug-likeness (QED) is 0.146. The number of methoxy groups -OCH3 is 6. The van der Waals surface area contributed by atoms with Crippen LogP contribution in [-0.4, -0.2) is 130 Å². The fraction of sp³-hybridized carbons (Fsp3) is 0.939. The van der Waals surface area contributed by atoms with Gasteiger partial charge in [-0.3, -0.25) is 0 Å². The first-order valence-electron chi connectivity index (χ1n) is 16.4. The topological polar surface area (TPSA) is 117 Å². The number of rotatable bonds is 20. The third-order valence-corrected chi connectivity index (χ3v) is 9.86.